The van der Waals surface area contributed by atoms with Crippen LogP contribution in [0.3, 0.4) is 0 Å². The van der Waals surface area contributed by atoms with Crippen LogP contribution in [0.15, 0.2) is 109 Å². The molecule has 2 fully saturated rings. The molecule has 0 aliphatic carbocycles. The molecule has 5 aromatic rings. The van der Waals surface area contributed by atoms with Crippen LogP contribution in [0.1, 0.15) is 42.0 Å². The molecular formula is C39H37F3N4O5. The van der Waals surface area contributed by atoms with Crippen LogP contribution in [0, 0.1) is 17.5 Å². The van der Waals surface area contributed by atoms with Gasteiger partial charge in [0.15, 0.2) is 23.2 Å². The van der Waals surface area contributed by atoms with Gasteiger partial charge in [-0.15, -0.1) is 5.10 Å². The van der Waals surface area contributed by atoms with Crippen molar-refractivity contribution in [3.8, 4) is 11.3 Å². The number of nitrogens with one attached hydrogen (secondary N) is 1. The van der Waals surface area contributed by atoms with E-state index >= 15 is 0 Å². The molecule has 1 aromatic heterocycles. The molecule has 0 saturated carbocycles. The van der Waals surface area contributed by atoms with E-state index in [1.165, 1.54) is 10.9 Å². The molecule has 1 spiro atoms. The van der Waals surface area contributed by atoms with Gasteiger partial charge in [0.2, 0.25) is 5.91 Å². The fourth-order valence-corrected chi connectivity index (χ4v) is 6.76. The Labute approximate surface area is 293 Å². The molecule has 264 valence electrons. The lowest BCUT2D eigenvalue weighted by Crippen LogP contribution is -2.71. The van der Waals surface area contributed by atoms with Gasteiger partial charge in [0.05, 0.1) is 32.6 Å². The summed E-state index contributed by atoms with van der Waals surface area (Å²) in [7, 11) is 0. The number of carbonyl (C=O) groups excluding carboxylic acids is 1. The fraction of sp³-hybridized carbons (Fsp3) is 0.308. The van der Waals surface area contributed by atoms with E-state index in [-0.39, 0.29) is 37.0 Å². The van der Waals surface area contributed by atoms with Gasteiger partial charge in [-0.1, -0.05) is 96.2 Å². The van der Waals surface area contributed by atoms with Crippen LogP contribution in [-0.2, 0) is 43.6 Å². The van der Waals surface area contributed by atoms with Crippen LogP contribution in [0.2, 0.25) is 0 Å². The normalized spacial score (nSPS) is 23.3. The standard InChI is InChI=1S/C39H37F3N4O5/c40-30-19-29(20-31(41)35(30)42)32-21-46(45-44-32)36-37(49-23-27-13-6-2-7-14-27)33(25-48-22-26-11-4-1-5-12-26)51-39(18-10-17-34(47)43-39)38(36)50-24-28-15-8-3-9-16-28/h1-9,11-16,19-21,33,36-38H,10,17-18,22-25H2,(H,43,47)/t33-,36+,37+,38-,39?/m1/s1. The van der Waals surface area contributed by atoms with Gasteiger partial charge in [0.25, 0.3) is 0 Å². The molecule has 1 unspecified atom stereocenters. The summed E-state index contributed by atoms with van der Waals surface area (Å²) in [6, 6.07) is 29.8. The van der Waals surface area contributed by atoms with Gasteiger partial charge in [-0.2, -0.15) is 0 Å². The maximum atomic E-state index is 14.3. The summed E-state index contributed by atoms with van der Waals surface area (Å²) in [5.41, 5.74) is 1.54. The maximum absolute atomic E-state index is 14.3. The second-order valence-corrected chi connectivity index (χ2v) is 12.8. The Hall–Kier alpha value is -4.88. The van der Waals surface area contributed by atoms with Gasteiger partial charge in [-0.3, -0.25) is 4.79 Å². The van der Waals surface area contributed by atoms with Crippen molar-refractivity contribution in [2.75, 3.05) is 6.61 Å². The van der Waals surface area contributed by atoms with Crippen LogP contribution in [0.25, 0.3) is 11.3 Å². The average Bonchev–Trinajstić information content (AvgIpc) is 3.64. The highest BCUT2D eigenvalue weighted by molar-refractivity contribution is 5.77. The van der Waals surface area contributed by atoms with E-state index in [2.05, 4.69) is 15.6 Å². The molecule has 7 rings (SSSR count). The first-order valence-electron chi connectivity index (χ1n) is 16.9. The zero-order chi connectivity index (χ0) is 35.2. The van der Waals surface area contributed by atoms with Crippen molar-refractivity contribution in [1.82, 2.24) is 20.3 Å². The molecule has 2 saturated heterocycles. The predicted molar refractivity (Wildman–Crippen MR) is 180 cm³/mol. The second-order valence-electron chi connectivity index (χ2n) is 12.8. The van der Waals surface area contributed by atoms with E-state index in [9.17, 15) is 18.0 Å². The van der Waals surface area contributed by atoms with Gasteiger partial charge in [0.1, 0.15) is 30.0 Å². The van der Waals surface area contributed by atoms with E-state index in [1.54, 1.807) is 0 Å². The number of halogens is 3. The monoisotopic (exact) mass is 698 g/mol. The lowest BCUT2D eigenvalue weighted by atomic mass is 9.83. The summed E-state index contributed by atoms with van der Waals surface area (Å²) in [5, 5.41) is 11.8. The number of hydrogen-bond donors (Lipinski definition) is 1. The number of nitrogens with zero attached hydrogens (tertiary/aromatic N) is 3. The van der Waals surface area contributed by atoms with Crippen LogP contribution in [0.5, 0.6) is 0 Å². The number of rotatable bonds is 12. The van der Waals surface area contributed by atoms with E-state index in [4.69, 9.17) is 18.9 Å². The van der Waals surface area contributed by atoms with Gasteiger partial charge in [-0.05, 0) is 41.7 Å². The number of carbonyl (C=O) groups is 1. The minimum Gasteiger partial charge on any atom is -0.374 e. The summed E-state index contributed by atoms with van der Waals surface area (Å²) in [5.74, 6) is -4.47. The van der Waals surface area contributed by atoms with E-state index in [1.807, 2.05) is 91.0 Å². The lowest BCUT2D eigenvalue weighted by Gasteiger charge is -2.54. The highest BCUT2D eigenvalue weighted by Gasteiger charge is 2.58. The van der Waals surface area contributed by atoms with E-state index in [0.717, 1.165) is 28.8 Å². The number of piperidine rings is 1. The molecule has 4 aromatic carbocycles. The van der Waals surface area contributed by atoms with Crippen LogP contribution in [-0.4, -0.2) is 51.5 Å². The number of hydrogen-bond acceptors (Lipinski definition) is 7. The smallest absolute Gasteiger partial charge is 0.222 e. The minimum atomic E-state index is -1.58. The van der Waals surface area contributed by atoms with Crippen LogP contribution >= 0.6 is 0 Å². The predicted octanol–water partition coefficient (Wildman–Crippen LogP) is 6.69. The maximum Gasteiger partial charge on any atom is 0.222 e. The molecule has 51 heavy (non-hydrogen) atoms. The quantitative estimate of drug-likeness (QED) is 0.145. The van der Waals surface area contributed by atoms with Crippen molar-refractivity contribution in [2.24, 2.45) is 0 Å². The third kappa shape index (κ3) is 7.89. The van der Waals surface area contributed by atoms with Crippen LogP contribution in [0.4, 0.5) is 13.2 Å². The molecule has 5 atom stereocenters. The van der Waals surface area contributed by atoms with Crippen molar-refractivity contribution in [3.63, 3.8) is 0 Å². The second kappa shape index (κ2) is 15.6. The van der Waals surface area contributed by atoms with Crippen molar-refractivity contribution < 1.29 is 36.9 Å². The number of amides is 1. The average molecular weight is 699 g/mol. The molecule has 2 aliphatic heterocycles. The van der Waals surface area contributed by atoms with Gasteiger partial charge >= 0.3 is 0 Å². The molecule has 0 bridgehead atoms. The summed E-state index contributed by atoms with van der Waals surface area (Å²) >= 11 is 0. The van der Waals surface area contributed by atoms with E-state index < -0.39 is 47.5 Å². The Morgan fingerprint density at radius 3 is 2.02 bits per heavy atom. The molecule has 2 aliphatic rings. The molecule has 1 amide bonds. The third-order valence-corrected chi connectivity index (χ3v) is 9.18. The zero-order valence-electron chi connectivity index (χ0n) is 27.7. The third-order valence-electron chi connectivity index (χ3n) is 9.18. The van der Waals surface area contributed by atoms with Crippen LogP contribution < -0.4 is 5.32 Å². The Morgan fingerprint density at radius 1 is 0.824 bits per heavy atom. The van der Waals surface area contributed by atoms with Crippen molar-refractivity contribution in [2.45, 2.75) is 69.2 Å². The first-order chi connectivity index (χ1) is 24.9. The molecular weight excluding hydrogens is 661 g/mol. The molecule has 3 heterocycles. The fourth-order valence-electron chi connectivity index (χ4n) is 6.76. The zero-order valence-corrected chi connectivity index (χ0v) is 27.7. The van der Waals surface area contributed by atoms with Gasteiger partial charge in [0, 0.05) is 12.0 Å². The van der Waals surface area contributed by atoms with Crippen molar-refractivity contribution >= 4 is 5.91 Å². The lowest BCUT2D eigenvalue weighted by molar-refractivity contribution is -0.294. The summed E-state index contributed by atoms with van der Waals surface area (Å²) in [6.45, 7) is 0.754. The summed E-state index contributed by atoms with van der Waals surface area (Å²) < 4.78 is 70.6. The summed E-state index contributed by atoms with van der Waals surface area (Å²) in [6.07, 6.45) is 0.371. The topological polar surface area (TPSA) is 96.7 Å². The van der Waals surface area contributed by atoms with Crippen molar-refractivity contribution in [3.05, 3.63) is 143 Å². The first-order valence-corrected chi connectivity index (χ1v) is 16.9. The molecule has 9 nitrogen and oxygen atoms in total. The van der Waals surface area contributed by atoms with Gasteiger partial charge in [-0.25, -0.2) is 17.9 Å². The first kappa shape index (κ1) is 34.6. The van der Waals surface area contributed by atoms with Crippen molar-refractivity contribution in [1.29, 1.82) is 0 Å². The highest BCUT2D eigenvalue weighted by atomic mass is 19.2. The molecule has 0 radical (unpaired) electrons. The van der Waals surface area contributed by atoms with Gasteiger partial charge < -0.3 is 24.3 Å². The largest absolute Gasteiger partial charge is 0.374 e. The Morgan fingerprint density at radius 2 is 1.41 bits per heavy atom. The highest BCUT2D eigenvalue weighted by Crippen LogP contribution is 2.44. The molecule has 1 N–H and O–H groups in total. The Kier molecular flexibility index (Phi) is 10.5. The van der Waals surface area contributed by atoms with E-state index in [0.29, 0.717) is 25.9 Å². The summed E-state index contributed by atoms with van der Waals surface area (Å²) in [4.78, 5) is 13.1. The number of benzene rings is 4. The number of aromatic nitrogens is 3. The SMILES string of the molecule is O=C1CCCC2(N1)O[C@H](COCc1ccccc1)[C@H](OCc1ccccc1)[C@H](n1cc(-c3cc(F)c(F)c(F)c3)nn1)[C@H]2OCc1ccccc1. The minimum absolute atomic E-state index is 0.00311. The molecule has 12 heteroatoms. The Bertz CT molecular complexity index is 1890. The number of ether oxygens (including phenoxy) is 4. The Balaban J connectivity index is 1.30.